The molecule has 1 fully saturated rings. The van der Waals surface area contributed by atoms with Crippen LogP contribution < -0.4 is 10.5 Å². The molecular formula is C13H19FN2O3S. The number of nitrogens with two attached hydrogens (primary N) is 1. The normalized spacial score (nSPS) is 19.4. The minimum atomic E-state index is -3.73. The Hall–Kier alpha value is -1.18. The van der Waals surface area contributed by atoms with Crippen LogP contribution in [-0.2, 0) is 14.8 Å². The van der Waals surface area contributed by atoms with Gasteiger partial charge < -0.3 is 10.5 Å². The van der Waals surface area contributed by atoms with E-state index in [1.54, 1.807) is 6.92 Å². The largest absolute Gasteiger partial charge is 0.396 e. The van der Waals surface area contributed by atoms with Crippen molar-refractivity contribution in [3.63, 3.8) is 0 Å². The Balaban J connectivity index is 2.27. The summed E-state index contributed by atoms with van der Waals surface area (Å²) in [4.78, 5) is 0.0504. The van der Waals surface area contributed by atoms with Gasteiger partial charge in [-0.2, -0.15) is 0 Å². The SMILES string of the molecule is Cc1cc(F)c(N)c(C)c1S(=O)(=O)NCC1CCCO1. The molecule has 5 nitrogen and oxygen atoms in total. The summed E-state index contributed by atoms with van der Waals surface area (Å²) in [6, 6.07) is 1.14. The molecule has 1 heterocycles. The lowest BCUT2D eigenvalue weighted by Gasteiger charge is -2.16. The summed E-state index contributed by atoms with van der Waals surface area (Å²) in [5, 5.41) is 0. The minimum Gasteiger partial charge on any atom is -0.396 e. The van der Waals surface area contributed by atoms with Crippen molar-refractivity contribution < 1.29 is 17.5 Å². The van der Waals surface area contributed by atoms with Gasteiger partial charge in [0.25, 0.3) is 0 Å². The van der Waals surface area contributed by atoms with Crippen LogP contribution in [0, 0.1) is 19.7 Å². The molecule has 1 saturated heterocycles. The second-order valence-electron chi connectivity index (χ2n) is 5.03. The smallest absolute Gasteiger partial charge is 0.241 e. The van der Waals surface area contributed by atoms with Crippen LogP contribution in [0.2, 0.25) is 0 Å². The molecule has 1 aromatic rings. The number of aryl methyl sites for hydroxylation is 1. The molecule has 1 aliphatic rings. The second-order valence-corrected chi connectivity index (χ2v) is 6.73. The van der Waals surface area contributed by atoms with E-state index in [4.69, 9.17) is 10.5 Å². The Kier molecular flexibility index (Phi) is 4.31. The van der Waals surface area contributed by atoms with Crippen molar-refractivity contribution in [2.75, 3.05) is 18.9 Å². The molecule has 3 N–H and O–H groups in total. The maximum atomic E-state index is 13.5. The van der Waals surface area contributed by atoms with Crippen molar-refractivity contribution >= 4 is 15.7 Å². The van der Waals surface area contributed by atoms with Crippen molar-refractivity contribution in [3.05, 3.63) is 23.0 Å². The number of sulfonamides is 1. The highest BCUT2D eigenvalue weighted by Gasteiger charge is 2.25. The Morgan fingerprint density at radius 3 is 2.80 bits per heavy atom. The van der Waals surface area contributed by atoms with Gasteiger partial charge in [-0.15, -0.1) is 0 Å². The van der Waals surface area contributed by atoms with Crippen molar-refractivity contribution in [2.45, 2.75) is 37.7 Å². The van der Waals surface area contributed by atoms with Crippen LogP contribution in [0.1, 0.15) is 24.0 Å². The number of benzene rings is 1. The number of rotatable bonds is 4. The lowest BCUT2D eigenvalue weighted by Crippen LogP contribution is -2.32. The molecule has 112 valence electrons. The summed E-state index contributed by atoms with van der Waals surface area (Å²) in [5.74, 6) is -0.599. The monoisotopic (exact) mass is 302 g/mol. The van der Waals surface area contributed by atoms with Crippen LogP contribution in [0.25, 0.3) is 0 Å². The molecule has 0 bridgehead atoms. The van der Waals surface area contributed by atoms with Gasteiger partial charge in [-0.25, -0.2) is 17.5 Å². The molecule has 1 aliphatic heterocycles. The summed E-state index contributed by atoms with van der Waals surface area (Å²) in [6.07, 6.45) is 1.68. The molecule has 7 heteroatoms. The van der Waals surface area contributed by atoms with Gasteiger partial charge in [-0.1, -0.05) is 0 Å². The molecule has 0 amide bonds. The van der Waals surface area contributed by atoms with Gasteiger partial charge in [0.1, 0.15) is 5.82 Å². The van der Waals surface area contributed by atoms with Gasteiger partial charge in [0.2, 0.25) is 10.0 Å². The number of nitrogen functional groups attached to an aromatic ring is 1. The summed E-state index contributed by atoms with van der Waals surface area (Å²) in [7, 11) is -3.73. The van der Waals surface area contributed by atoms with Gasteiger partial charge in [-0.05, 0) is 43.9 Å². The van der Waals surface area contributed by atoms with Gasteiger partial charge in [0.05, 0.1) is 16.7 Å². The van der Waals surface area contributed by atoms with Gasteiger partial charge in [0, 0.05) is 13.2 Å². The average molecular weight is 302 g/mol. The van der Waals surface area contributed by atoms with Crippen LogP contribution in [0.15, 0.2) is 11.0 Å². The summed E-state index contributed by atoms with van der Waals surface area (Å²) in [5.41, 5.74) is 6.02. The van der Waals surface area contributed by atoms with Crippen molar-refractivity contribution in [1.82, 2.24) is 4.72 Å². The van der Waals surface area contributed by atoms with Crippen LogP contribution in [0.4, 0.5) is 10.1 Å². The maximum absolute atomic E-state index is 13.5. The first-order chi connectivity index (χ1) is 9.33. The van der Waals surface area contributed by atoms with E-state index in [0.29, 0.717) is 12.2 Å². The third kappa shape index (κ3) is 2.94. The topological polar surface area (TPSA) is 81.4 Å². The third-order valence-electron chi connectivity index (χ3n) is 3.50. The highest BCUT2D eigenvalue weighted by Crippen LogP contribution is 2.27. The van der Waals surface area contributed by atoms with Gasteiger partial charge in [-0.3, -0.25) is 0 Å². The summed E-state index contributed by atoms with van der Waals surface area (Å²) >= 11 is 0. The highest BCUT2D eigenvalue weighted by molar-refractivity contribution is 7.89. The standard InChI is InChI=1S/C13H19FN2O3S/c1-8-6-11(14)12(15)9(2)13(8)20(17,18)16-7-10-4-3-5-19-10/h6,10,16H,3-5,7,15H2,1-2H3. The zero-order valence-electron chi connectivity index (χ0n) is 11.6. The zero-order chi connectivity index (χ0) is 14.9. The molecule has 0 aromatic heterocycles. The zero-order valence-corrected chi connectivity index (χ0v) is 12.4. The molecule has 2 rings (SSSR count). The third-order valence-corrected chi connectivity index (χ3v) is 5.21. The van der Waals surface area contributed by atoms with E-state index in [1.165, 1.54) is 6.92 Å². The van der Waals surface area contributed by atoms with Crippen LogP contribution >= 0.6 is 0 Å². The number of hydrogen-bond acceptors (Lipinski definition) is 4. The fourth-order valence-corrected chi connectivity index (χ4v) is 3.97. The Morgan fingerprint density at radius 2 is 2.20 bits per heavy atom. The van der Waals surface area contributed by atoms with Crippen LogP contribution in [0.5, 0.6) is 0 Å². The molecule has 20 heavy (non-hydrogen) atoms. The predicted molar refractivity (Wildman–Crippen MR) is 74.4 cm³/mol. The molecule has 1 atom stereocenters. The number of halogens is 1. The molecular weight excluding hydrogens is 283 g/mol. The Labute approximate surface area is 118 Å². The van der Waals surface area contributed by atoms with E-state index in [2.05, 4.69) is 4.72 Å². The predicted octanol–water partition coefficient (Wildman–Crippen LogP) is 1.48. The van der Waals surface area contributed by atoms with E-state index in [1.807, 2.05) is 0 Å². The van der Waals surface area contributed by atoms with E-state index < -0.39 is 15.8 Å². The van der Waals surface area contributed by atoms with E-state index in [9.17, 15) is 12.8 Å². The van der Waals surface area contributed by atoms with E-state index >= 15 is 0 Å². The Morgan fingerprint density at radius 1 is 1.50 bits per heavy atom. The first-order valence-corrected chi connectivity index (χ1v) is 7.97. The van der Waals surface area contributed by atoms with Gasteiger partial charge >= 0.3 is 0 Å². The summed E-state index contributed by atoms with van der Waals surface area (Å²) < 4.78 is 46.1. The van der Waals surface area contributed by atoms with Crippen LogP contribution in [0.3, 0.4) is 0 Å². The lowest BCUT2D eigenvalue weighted by atomic mass is 10.1. The molecule has 0 spiro atoms. The summed E-state index contributed by atoms with van der Waals surface area (Å²) in [6.45, 7) is 3.94. The first-order valence-electron chi connectivity index (χ1n) is 6.49. The Bertz CT molecular complexity index is 611. The number of anilines is 1. The average Bonchev–Trinajstić information content (AvgIpc) is 2.86. The van der Waals surface area contributed by atoms with E-state index in [-0.39, 0.29) is 28.8 Å². The van der Waals surface area contributed by atoms with Crippen molar-refractivity contribution in [2.24, 2.45) is 0 Å². The molecule has 1 aromatic carbocycles. The van der Waals surface area contributed by atoms with Gasteiger partial charge in [0.15, 0.2) is 0 Å². The van der Waals surface area contributed by atoms with Crippen molar-refractivity contribution in [3.8, 4) is 0 Å². The minimum absolute atomic E-state index is 0.0504. The fraction of sp³-hybridized carbons (Fsp3) is 0.538. The number of hydrogen-bond donors (Lipinski definition) is 2. The molecule has 0 aliphatic carbocycles. The maximum Gasteiger partial charge on any atom is 0.241 e. The lowest BCUT2D eigenvalue weighted by molar-refractivity contribution is 0.114. The number of ether oxygens (including phenoxy) is 1. The van der Waals surface area contributed by atoms with Crippen molar-refractivity contribution in [1.29, 1.82) is 0 Å². The first kappa shape index (κ1) is 15.2. The van der Waals surface area contributed by atoms with Crippen LogP contribution in [-0.4, -0.2) is 27.7 Å². The molecule has 0 saturated carbocycles. The quantitative estimate of drug-likeness (QED) is 0.826. The fourth-order valence-electron chi connectivity index (χ4n) is 2.42. The number of nitrogens with one attached hydrogen (secondary N) is 1. The highest BCUT2D eigenvalue weighted by atomic mass is 32.2. The molecule has 1 unspecified atom stereocenters. The second kappa shape index (κ2) is 5.67. The molecule has 0 radical (unpaired) electrons. The van der Waals surface area contributed by atoms with E-state index in [0.717, 1.165) is 18.9 Å².